The Hall–Kier alpha value is -4.47. The van der Waals surface area contributed by atoms with Crippen LogP contribution in [0.4, 0.5) is 0 Å². The molecule has 1 aromatic heterocycles. The second kappa shape index (κ2) is 14.1. The van der Waals surface area contributed by atoms with E-state index in [2.05, 4.69) is 26.3 Å². The van der Waals surface area contributed by atoms with Gasteiger partial charge in [0.2, 0.25) is 11.8 Å². The second-order valence-corrected chi connectivity index (χ2v) is 11.5. The maximum absolute atomic E-state index is 13.5. The first kappa shape index (κ1) is 31.5. The minimum absolute atomic E-state index is 0.135. The number of nitrogens with one attached hydrogen (secondary N) is 5. The topological polar surface area (TPSA) is 135 Å². The van der Waals surface area contributed by atoms with Crippen molar-refractivity contribution in [3.63, 3.8) is 0 Å². The SMILES string of the molecule is CNC(=O)c1ccccc1-c1ccc(CNC(=O)[C@@H](Cc2c[nH]c3ccccc23)NC(=O)CC(C)(C)NC[C@@H](C)O)cc1. The molecule has 0 aliphatic carbocycles. The van der Waals surface area contributed by atoms with Crippen molar-refractivity contribution in [2.24, 2.45) is 0 Å². The van der Waals surface area contributed by atoms with E-state index in [-0.39, 0.29) is 30.7 Å². The Morgan fingerprint density at radius 1 is 0.953 bits per heavy atom. The van der Waals surface area contributed by atoms with Crippen LogP contribution in [0.2, 0.25) is 0 Å². The average molecular weight is 584 g/mol. The fraction of sp³-hybridized carbons (Fsp3) is 0.324. The normalized spacial score (nSPS) is 12.9. The van der Waals surface area contributed by atoms with E-state index in [0.717, 1.165) is 33.2 Å². The van der Waals surface area contributed by atoms with Gasteiger partial charge in [0.1, 0.15) is 6.04 Å². The van der Waals surface area contributed by atoms with Gasteiger partial charge in [0.15, 0.2) is 0 Å². The van der Waals surface area contributed by atoms with Gasteiger partial charge in [0.25, 0.3) is 5.91 Å². The highest BCUT2D eigenvalue weighted by molar-refractivity contribution is 6.00. The summed E-state index contributed by atoms with van der Waals surface area (Å²) in [4.78, 5) is 42.2. The van der Waals surface area contributed by atoms with E-state index in [9.17, 15) is 19.5 Å². The van der Waals surface area contributed by atoms with Gasteiger partial charge in [0, 0.05) is 61.2 Å². The average Bonchev–Trinajstić information content (AvgIpc) is 3.41. The molecular weight excluding hydrogens is 542 g/mol. The minimum Gasteiger partial charge on any atom is -0.392 e. The van der Waals surface area contributed by atoms with Gasteiger partial charge < -0.3 is 31.4 Å². The van der Waals surface area contributed by atoms with Crippen LogP contribution in [-0.2, 0) is 22.6 Å². The number of para-hydroxylation sites is 1. The van der Waals surface area contributed by atoms with Gasteiger partial charge in [-0.3, -0.25) is 14.4 Å². The van der Waals surface area contributed by atoms with Crippen LogP contribution in [-0.4, -0.2) is 59.1 Å². The van der Waals surface area contributed by atoms with Crippen molar-refractivity contribution in [1.29, 1.82) is 0 Å². The molecule has 0 saturated carbocycles. The molecule has 3 amide bonds. The van der Waals surface area contributed by atoms with E-state index < -0.39 is 17.7 Å². The number of benzene rings is 3. The number of hydrogen-bond acceptors (Lipinski definition) is 5. The van der Waals surface area contributed by atoms with Gasteiger partial charge in [-0.1, -0.05) is 60.7 Å². The Morgan fingerprint density at radius 2 is 1.65 bits per heavy atom. The first-order chi connectivity index (χ1) is 20.6. The molecule has 226 valence electrons. The molecule has 0 spiro atoms. The van der Waals surface area contributed by atoms with Gasteiger partial charge in [-0.15, -0.1) is 0 Å². The van der Waals surface area contributed by atoms with Gasteiger partial charge >= 0.3 is 0 Å². The van der Waals surface area contributed by atoms with Crippen molar-refractivity contribution in [3.05, 3.63) is 95.7 Å². The molecule has 0 saturated heterocycles. The number of β-amino-alcohol motifs (C(OH)–C–C–N with tert-alkyl or cyclic N) is 1. The van der Waals surface area contributed by atoms with Crippen LogP contribution >= 0.6 is 0 Å². The van der Waals surface area contributed by atoms with E-state index in [1.54, 1.807) is 20.0 Å². The van der Waals surface area contributed by atoms with Gasteiger partial charge in [-0.2, -0.15) is 0 Å². The summed E-state index contributed by atoms with van der Waals surface area (Å²) in [7, 11) is 1.61. The smallest absolute Gasteiger partial charge is 0.251 e. The third kappa shape index (κ3) is 8.53. The highest BCUT2D eigenvalue weighted by Crippen LogP contribution is 2.24. The summed E-state index contributed by atoms with van der Waals surface area (Å²) < 4.78 is 0. The Labute approximate surface area is 252 Å². The van der Waals surface area contributed by atoms with Gasteiger partial charge in [-0.05, 0) is 55.2 Å². The zero-order valence-electron chi connectivity index (χ0n) is 25.2. The number of rotatable bonds is 13. The van der Waals surface area contributed by atoms with E-state index in [0.29, 0.717) is 18.5 Å². The lowest BCUT2D eigenvalue weighted by Gasteiger charge is -2.28. The van der Waals surface area contributed by atoms with E-state index >= 15 is 0 Å². The zero-order valence-corrected chi connectivity index (χ0v) is 25.2. The summed E-state index contributed by atoms with van der Waals surface area (Å²) in [6.07, 6.45) is 1.79. The molecule has 2 atom stereocenters. The molecule has 9 nitrogen and oxygen atoms in total. The molecule has 6 N–H and O–H groups in total. The lowest BCUT2D eigenvalue weighted by molar-refractivity contribution is -0.129. The number of H-pyrrole nitrogens is 1. The summed E-state index contributed by atoms with van der Waals surface area (Å²) in [6.45, 7) is 6.09. The van der Waals surface area contributed by atoms with Crippen molar-refractivity contribution in [2.75, 3.05) is 13.6 Å². The number of aliphatic hydroxyl groups excluding tert-OH is 1. The van der Waals surface area contributed by atoms with Crippen molar-refractivity contribution >= 4 is 28.6 Å². The number of aromatic nitrogens is 1. The molecule has 0 bridgehead atoms. The quantitative estimate of drug-likeness (QED) is 0.143. The predicted molar refractivity (Wildman–Crippen MR) is 169 cm³/mol. The molecule has 9 heteroatoms. The van der Waals surface area contributed by atoms with Crippen molar-refractivity contribution in [1.82, 2.24) is 26.3 Å². The number of carbonyl (C=O) groups excluding carboxylic acids is 3. The molecule has 0 aliphatic heterocycles. The van der Waals surface area contributed by atoms with E-state index in [4.69, 9.17) is 0 Å². The van der Waals surface area contributed by atoms with Crippen molar-refractivity contribution in [3.8, 4) is 11.1 Å². The summed E-state index contributed by atoms with van der Waals surface area (Å²) in [6, 6.07) is 22.2. The van der Waals surface area contributed by atoms with Crippen LogP contribution in [0, 0.1) is 0 Å². The summed E-state index contributed by atoms with van der Waals surface area (Å²) in [5.41, 5.74) is 4.52. The molecule has 4 aromatic rings. The van der Waals surface area contributed by atoms with Gasteiger partial charge in [0.05, 0.1) is 6.10 Å². The van der Waals surface area contributed by atoms with E-state index in [1.165, 1.54) is 0 Å². The molecule has 4 rings (SSSR count). The highest BCUT2D eigenvalue weighted by Gasteiger charge is 2.27. The second-order valence-electron chi connectivity index (χ2n) is 11.5. The molecule has 0 radical (unpaired) electrons. The molecule has 1 heterocycles. The largest absolute Gasteiger partial charge is 0.392 e. The molecule has 43 heavy (non-hydrogen) atoms. The summed E-state index contributed by atoms with van der Waals surface area (Å²) in [5, 5.41) is 22.4. The Balaban J connectivity index is 1.46. The third-order valence-corrected chi connectivity index (χ3v) is 7.36. The van der Waals surface area contributed by atoms with Crippen molar-refractivity contribution < 1.29 is 19.5 Å². The fourth-order valence-corrected chi connectivity index (χ4v) is 5.04. The van der Waals surface area contributed by atoms with Gasteiger partial charge in [-0.25, -0.2) is 0 Å². The molecule has 0 unspecified atom stereocenters. The number of fused-ring (bicyclic) bond motifs is 1. The first-order valence-electron chi connectivity index (χ1n) is 14.5. The van der Waals surface area contributed by atoms with Crippen LogP contribution in [0.5, 0.6) is 0 Å². The summed E-state index contributed by atoms with van der Waals surface area (Å²) in [5.74, 6) is -0.706. The van der Waals surface area contributed by atoms with Crippen molar-refractivity contribution in [2.45, 2.75) is 57.8 Å². The number of carbonyl (C=O) groups is 3. The predicted octanol–water partition coefficient (Wildman–Crippen LogP) is 3.68. The zero-order chi connectivity index (χ0) is 31.0. The molecular formula is C34H41N5O4. The fourth-order valence-electron chi connectivity index (χ4n) is 5.04. The Kier molecular flexibility index (Phi) is 10.3. The standard InChI is InChI=1S/C34H41N5O4/c1-22(40)19-38-34(2,3)18-31(41)39-30(17-25-21-36-29-12-8-7-10-27(25)29)33(43)37-20-23-13-15-24(16-14-23)26-9-5-6-11-28(26)32(42)35-4/h5-16,21-22,30,36,38,40H,17-20H2,1-4H3,(H,35,42)(H,37,43)(H,39,41)/t22-,30-/m1/s1. The minimum atomic E-state index is -0.794. The van der Waals surface area contributed by atoms with Crippen LogP contribution in [0.1, 0.15) is 48.7 Å². The Bertz CT molecular complexity index is 1560. The molecule has 3 aromatic carbocycles. The monoisotopic (exact) mass is 583 g/mol. The van der Waals surface area contributed by atoms with Crippen LogP contribution < -0.4 is 21.3 Å². The maximum atomic E-state index is 13.5. The van der Waals surface area contributed by atoms with E-state index in [1.807, 2.05) is 86.8 Å². The summed E-state index contributed by atoms with van der Waals surface area (Å²) >= 11 is 0. The maximum Gasteiger partial charge on any atom is 0.251 e. The number of aromatic amines is 1. The first-order valence-corrected chi connectivity index (χ1v) is 14.5. The van der Waals surface area contributed by atoms with Crippen LogP contribution in [0.15, 0.2) is 79.0 Å². The van der Waals surface area contributed by atoms with Crippen LogP contribution in [0.3, 0.4) is 0 Å². The lowest BCUT2D eigenvalue weighted by Crippen LogP contribution is -2.51. The lowest BCUT2D eigenvalue weighted by atomic mass is 9.98. The molecule has 0 fully saturated rings. The third-order valence-electron chi connectivity index (χ3n) is 7.36. The number of amides is 3. The highest BCUT2D eigenvalue weighted by atomic mass is 16.3. The molecule has 0 aliphatic rings. The number of aliphatic hydroxyl groups is 1. The Morgan fingerprint density at radius 3 is 2.37 bits per heavy atom. The van der Waals surface area contributed by atoms with Crippen LogP contribution in [0.25, 0.3) is 22.0 Å². The number of hydrogen-bond donors (Lipinski definition) is 6.